The van der Waals surface area contributed by atoms with Crippen LogP contribution in [0.15, 0.2) is 23.1 Å². The maximum atomic E-state index is 12.3. The lowest BCUT2D eigenvalue weighted by Gasteiger charge is -2.05. The predicted molar refractivity (Wildman–Crippen MR) is 70.4 cm³/mol. The predicted octanol–water partition coefficient (Wildman–Crippen LogP) is 2.39. The quantitative estimate of drug-likeness (QED) is 0.814. The highest BCUT2D eigenvalue weighted by molar-refractivity contribution is 9.10. The summed E-state index contributed by atoms with van der Waals surface area (Å²) < 4.78 is 2.35. The summed E-state index contributed by atoms with van der Waals surface area (Å²) in [5.41, 5.74) is 1.42. The van der Waals surface area contributed by atoms with Gasteiger partial charge in [0.25, 0.3) is 0 Å². The van der Waals surface area contributed by atoms with Crippen molar-refractivity contribution < 1.29 is 4.79 Å². The highest BCUT2D eigenvalue weighted by Crippen LogP contribution is 2.18. The molecule has 0 aliphatic carbocycles. The lowest BCUT2D eigenvalue weighted by atomic mass is 10.2. The number of nitrogens with zero attached hydrogens (tertiary/aromatic N) is 4. The molecule has 2 aromatic rings. The summed E-state index contributed by atoms with van der Waals surface area (Å²) in [5, 5.41) is 4.16. The topological polar surface area (TPSA) is 60.7 Å². The van der Waals surface area contributed by atoms with Crippen molar-refractivity contribution in [1.82, 2.24) is 19.7 Å². The summed E-state index contributed by atoms with van der Waals surface area (Å²) in [6.45, 7) is 4.61. The molecule has 94 valence electrons. The number of ketones is 1. The molecular weight excluding hydrogens is 296 g/mol. The van der Waals surface area contributed by atoms with Crippen LogP contribution < -0.4 is 0 Å². The molecule has 0 bridgehead atoms. The van der Waals surface area contributed by atoms with Gasteiger partial charge in [0.1, 0.15) is 5.69 Å². The standard InChI is InChI=1S/C12H13BrN4O/c1-3-4-17-10(9(13)7-16-17)11(18)12-14-5-8(2)6-15-12/h5-7H,3-4H2,1-2H3. The van der Waals surface area contributed by atoms with Crippen LogP contribution in [0.3, 0.4) is 0 Å². The van der Waals surface area contributed by atoms with Gasteiger partial charge in [0.05, 0.1) is 10.7 Å². The Bertz CT molecular complexity index is 562. The Morgan fingerprint density at radius 2 is 2.00 bits per heavy atom. The molecule has 0 unspecified atom stereocenters. The van der Waals surface area contributed by atoms with Crippen molar-refractivity contribution in [2.75, 3.05) is 0 Å². The first-order valence-corrected chi connectivity index (χ1v) is 6.47. The molecular formula is C12H13BrN4O. The molecule has 0 saturated carbocycles. The SMILES string of the molecule is CCCn1ncc(Br)c1C(=O)c1ncc(C)cn1. The van der Waals surface area contributed by atoms with Gasteiger partial charge in [-0.1, -0.05) is 6.92 Å². The Hall–Kier alpha value is -1.56. The average molecular weight is 309 g/mol. The number of carbonyl (C=O) groups excluding carboxylic acids is 1. The Morgan fingerprint density at radius 3 is 2.61 bits per heavy atom. The largest absolute Gasteiger partial charge is 0.283 e. The minimum atomic E-state index is -0.215. The van der Waals surface area contributed by atoms with E-state index in [1.54, 1.807) is 23.3 Å². The first kappa shape index (κ1) is 12.9. The molecule has 0 amide bonds. The molecule has 0 atom stereocenters. The van der Waals surface area contributed by atoms with Gasteiger partial charge in [-0.2, -0.15) is 5.10 Å². The van der Waals surface area contributed by atoms with Crippen LogP contribution in [0.1, 0.15) is 35.2 Å². The van der Waals surface area contributed by atoms with E-state index in [1.807, 2.05) is 13.8 Å². The zero-order valence-corrected chi connectivity index (χ0v) is 11.8. The zero-order chi connectivity index (χ0) is 13.1. The maximum absolute atomic E-state index is 12.3. The van der Waals surface area contributed by atoms with Crippen LogP contribution in [0.4, 0.5) is 0 Å². The number of aromatic nitrogens is 4. The summed E-state index contributed by atoms with van der Waals surface area (Å²) in [4.78, 5) is 20.4. The van der Waals surface area contributed by atoms with E-state index in [9.17, 15) is 4.79 Å². The monoisotopic (exact) mass is 308 g/mol. The van der Waals surface area contributed by atoms with E-state index in [4.69, 9.17) is 0 Å². The van der Waals surface area contributed by atoms with Gasteiger partial charge in [0.2, 0.25) is 11.6 Å². The van der Waals surface area contributed by atoms with Gasteiger partial charge in [-0.3, -0.25) is 9.48 Å². The highest BCUT2D eigenvalue weighted by Gasteiger charge is 2.20. The fraction of sp³-hybridized carbons (Fsp3) is 0.333. The number of aryl methyl sites for hydroxylation is 2. The number of hydrogen-bond donors (Lipinski definition) is 0. The van der Waals surface area contributed by atoms with Crippen molar-refractivity contribution in [3.63, 3.8) is 0 Å². The van der Waals surface area contributed by atoms with Crippen molar-refractivity contribution >= 4 is 21.7 Å². The normalized spacial score (nSPS) is 10.6. The summed E-state index contributed by atoms with van der Waals surface area (Å²) in [6, 6.07) is 0. The summed E-state index contributed by atoms with van der Waals surface area (Å²) in [7, 11) is 0. The molecule has 0 spiro atoms. The third kappa shape index (κ3) is 2.48. The van der Waals surface area contributed by atoms with Gasteiger partial charge in [0, 0.05) is 18.9 Å². The smallest absolute Gasteiger partial charge is 0.249 e. The average Bonchev–Trinajstić information content (AvgIpc) is 2.71. The van der Waals surface area contributed by atoms with Crippen molar-refractivity contribution in [2.24, 2.45) is 0 Å². The molecule has 0 aliphatic heterocycles. The molecule has 6 heteroatoms. The Kier molecular flexibility index (Phi) is 3.86. The molecule has 0 saturated heterocycles. The summed E-state index contributed by atoms with van der Waals surface area (Å²) in [5.74, 6) is -0.0213. The number of hydrogen-bond acceptors (Lipinski definition) is 4. The Labute approximate surface area is 113 Å². The molecule has 2 aromatic heterocycles. The molecule has 0 N–H and O–H groups in total. The van der Waals surface area contributed by atoms with Gasteiger partial charge in [-0.05, 0) is 34.8 Å². The molecule has 5 nitrogen and oxygen atoms in total. The van der Waals surface area contributed by atoms with E-state index in [-0.39, 0.29) is 11.6 Å². The van der Waals surface area contributed by atoms with Crippen LogP contribution in [0.2, 0.25) is 0 Å². The van der Waals surface area contributed by atoms with Crippen LogP contribution in [0, 0.1) is 6.92 Å². The molecule has 2 rings (SSSR count). The van der Waals surface area contributed by atoms with Gasteiger partial charge in [0.15, 0.2) is 0 Å². The van der Waals surface area contributed by atoms with Gasteiger partial charge in [-0.15, -0.1) is 0 Å². The van der Waals surface area contributed by atoms with E-state index in [1.165, 1.54) is 0 Å². The van der Waals surface area contributed by atoms with E-state index in [2.05, 4.69) is 31.0 Å². The second kappa shape index (κ2) is 5.39. The first-order chi connectivity index (χ1) is 8.63. The van der Waals surface area contributed by atoms with Crippen molar-refractivity contribution in [2.45, 2.75) is 26.8 Å². The highest BCUT2D eigenvalue weighted by atomic mass is 79.9. The van der Waals surface area contributed by atoms with Crippen LogP contribution in [0.5, 0.6) is 0 Å². The molecule has 18 heavy (non-hydrogen) atoms. The van der Waals surface area contributed by atoms with Crippen LogP contribution in [-0.4, -0.2) is 25.5 Å². The van der Waals surface area contributed by atoms with E-state index in [0.29, 0.717) is 16.7 Å². The molecule has 0 radical (unpaired) electrons. The summed E-state index contributed by atoms with van der Waals surface area (Å²) in [6.07, 6.45) is 5.80. The van der Waals surface area contributed by atoms with Gasteiger partial charge >= 0.3 is 0 Å². The van der Waals surface area contributed by atoms with Crippen LogP contribution in [0.25, 0.3) is 0 Å². The fourth-order valence-electron chi connectivity index (χ4n) is 1.59. The molecule has 0 fully saturated rings. The Balaban J connectivity index is 2.39. The second-order valence-corrected chi connectivity index (χ2v) is 4.83. The van der Waals surface area contributed by atoms with Crippen LogP contribution in [-0.2, 0) is 6.54 Å². The zero-order valence-electron chi connectivity index (χ0n) is 10.2. The number of rotatable bonds is 4. The van der Waals surface area contributed by atoms with Gasteiger partial charge < -0.3 is 0 Å². The third-order valence-electron chi connectivity index (χ3n) is 2.43. The van der Waals surface area contributed by atoms with Gasteiger partial charge in [-0.25, -0.2) is 9.97 Å². The molecule has 0 aromatic carbocycles. The van der Waals surface area contributed by atoms with Crippen LogP contribution >= 0.6 is 15.9 Å². The maximum Gasteiger partial charge on any atom is 0.249 e. The lowest BCUT2D eigenvalue weighted by Crippen LogP contribution is -2.14. The van der Waals surface area contributed by atoms with E-state index in [0.717, 1.165) is 12.0 Å². The Morgan fingerprint density at radius 1 is 1.33 bits per heavy atom. The minimum absolute atomic E-state index is 0.194. The molecule has 2 heterocycles. The van der Waals surface area contributed by atoms with E-state index < -0.39 is 0 Å². The van der Waals surface area contributed by atoms with Crippen molar-refractivity contribution in [1.29, 1.82) is 0 Å². The van der Waals surface area contributed by atoms with E-state index >= 15 is 0 Å². The van der Waals surface area contributed by atoms with Crippen molar-refractivity contribution in [3.05, 3.63) is 40.1 Å². The first-order valence-electron chi connectivity index (χ1n) is 5.68. The number of halogens is 1. The lowest BCUT2D eigenvalue weighted by molar-refractivity contribution is 0.101. The van der Waals surface area contributed by atoms with Crippen molar-refractivity contribution in [3.8, 4) is 0 Å². The fourth-order valence-corrected chi connectivity index (χ4v) is 2.06. The summed E-state index contributed by atoms with van der Waals surface area (Å²) >= 11 is 3.34. The minimum Gasteiger partial charge on any atom is -0.283 e. The molecule has 0 aliphatic rings. The second-order valence-electron chi connectivity index (χ2n) is 3.98. The number of carbonyl (C=O) groups is 1. The third-order valence-corrected chi connectivity index (χ3v) is 3.01.